The van der Waals surface area contributed by atoms with Crippen molar-refractivity contribution in [2.75, 3.05) is 22.9 Å². The van der Waals surface area contributed by atoms with E-state index >= 15 is 0 Å². The Morgan fingerprint density at radius 1 is 1.03 bits per heavy atom. The third kappa shape index (κ3) is 4.12. The zero-order chi connectivity index (χ0) is 20.5. The molecular weight excluding hydrogens is 373 g/mol. The standard InChI is InChI=1S/C21H24FN5O2/c1-13-11-14(2)24-21(23-13)26-9-7-16(8-10-26)25-18-12-19(28)27(20(18)29)17-5-3-15(22)4-6-17/h3-6,11,16,18,25H,7-10,12H2,1-2H3. The SMILES string of the molecule is Cc1cc(C)nc(N2CCC(NC3CC(=O)N(c4ccc(F)cc4)C3=O)CC2)n1. The van der Waals surface area contributed by atoms with Gasteiger partial charge in [0.25, 0.3) is 5.91 Å². The number of carbonyl (C=O) groups excluding carboxylic acids is 2. The maximum Gasteiger partial charge on any atom is 0.251 e. The van der Waals surface area contributed by atoms with Crippen molar-refractivity contribution in [3.8, 4) is 0 Å². The van der Waals surface area contributed by atoms with Gasteiger partial charge in [-0.1, -0.05) is 0 Å². The van der Waals surface area contributed by atoms with E-state index in [-0.39, 0.29) is 24.3 Å². The molecule has 2 saturated heterocycles. The Morgan fingerprint density at radius 3 is 2.28 bits per heavy atom. The minimum atomic E-state index is -0.540. The molecule has 1 N–H and O–H groups in total. The summed E-state index contributed by atoms with van der Waals surface area (Å²) >= 11 is 0. The average Bonchev–Trinajstić information content (AvgIpc) is 2.96. The van der Waals surface area contributed by atoms with Gasteiger partial charge in [0.2, 0.25) is 11.9 Å². The fourth-order valence-electron chi connectivity index (χ4n) is 4.00. The number of halogens is 1. The number of carbonyl (C=O) groups is 2. The predicted octanol–water partition coefficient (Wildman–Crippen LogP) is 2.12. The molecule has 2 amide bonds. The van der Waals surface area contributed by atoms with E-state index in [2.05, 4.69) is 20.2 Å². The van der Waals surface area contributed by atoms with Gasteiger partial charge in [-0.3, -0.25) is 9.59 Å². The summed E-state index contributed by atoms with van der Waals surface area (Å²) in [6.07, 6.45) is 1.80. The third-order valence-electron chi connectivity index (χ3n) is 5.42. The molecule has 7 nitrogen and oxygen atoms in total. The number of hydrogen-bond acceptors (Lipinski definition) is 6. The van der Waals surface area contributed by atoms with Crippen LogP contribution in [0.3, 0.4) is 0 Å². The summed E-state index contributed by atoms with van der Waals surface area (Å²) in [6.45, 7) is 5.50. The Hall–Kier alpha value is -2.87. The van der Waals surface area contributed by atoms with Gasteiger partial charge in [-0.2, -0.15) is 0 Å². The molecule has 29 heavy (non-hydrogen) atoms. The van der Waals surface area contributed by atoms with Gasteiger partial charge in [-0.05, 0) is 57.0 Å². The third-order valence-corrected chi connectivity index (χ3v) is 5.42. The monoisotopic (exact) mass is 397 g/mol. The van der Waals surface area contributed by atoms with Gasteiger partial charge >= 0.3 is 0 Å². The molecule has 1 aromatic heterocycles. The molecule has 4 rings (SSSR count). The molecule has 0 bridgehead atoms. The second-order valence-corrected chi connectivity index (χ2v) is 7.68. The maximum absolute atomic E-state index is 13.1. The molecule has 152 valence electrons. The summed E-state index contributed by atoms with van der Waals surface area (Å²) in [6, 6.07) is 6.97. The van der Waals surface area contributed by atoms with E-state index < -0.39 is 11.9 Å². The molecule has 1 atom stereocenters. The van der Waals surface area contributed by atoms with Gasteiger partial charge in [-0.15, -0.1) is 0 Å². The summed E-state index contributed by atoms with van der Waals surface area (Å²) in [5.74, 6) is -0.195. The summed E-state index contributed by atoms with van der Waals surface area (Å²) in [7, 11) is 0. The maximum atomic E-state index is 13.1. The van der Waals surface area contributed by atoms with Crippen LogP contribution >= 0.6 is 0 Å². The van der Waals surface area contributed by atoms with Crippen molar-refractivity contribution < 1.29 is 14.0 Å². The molecule has 0 radical (unpaired) electrons. The molecule has 1 unspecified atom stereocenters. The van der Waals surface area contributed by atoms with E-state index in [0.717, 1.165) is 48.2 Å². The average molecular weight is 397 g/mol. The topological polar surface area (TPSA) is 78.4 Å². The molecule has 3 heterocycles. The Bertz CT molecular complexity index is 905. The lowest BCUT2D eigenvalue weighted by atomic mass is 10.0. The van der Waals surface area contributed by atoms with Crippen LogP contribution in [0.4, 0.5) is 16.0 Å². The quantitative estimate of drug-likeness (QED) is 0.797. The molecule has 0 aliphatic carbocycles. The molecule has 8 heteroatoms. The van der Waals surface area contributed by atoms with E-state index in [4.69, 9.17) is 0 Å². The minimum absolute atomic E-state index is 0.122. The Labute approximate surface area is 168 Å². The van der Waals surface area contributed by atoms with E-state index in [1.807, 2.05) is 19.9 Å². The normalized spacial score (nSPS) is 20.6. The Kier molecular flexibility index (Phi) is 5.27. The molecule has 2 aromatic rings. The highest BCUT2D eigenvalue weighted by Gasteiger charge is 2.40. The second kappa shape index (κ2) is 7.87. The largest absolute Gasteiger partial charge is 0.341 e. The number of hydrogen-bond donors (Lipinski definition) is 1. The first-order chi connectivity index (χ1) is 13.9. The molecule has 2 aliphatic rings. The van der Waals surface area contributed by atoms with E-state index in [1.54, 1.807) is 0 Å². The van der Waals surface area contributed by atoms with Crippen LogP contribution in [0.25, 0.3) is 0 Å². The predicted molar refractivity (Wildman–Crippen MR) is 107 cm³/mol. The zero-order valence-electron chi connectivity index (χ0n) is 16.6. The van der Waals surface area contributed by atoms with Crippen LogP contribution in [-0.4, -0.2) is 47.0 Å². The van der Waals surface area contributed by atoms with Crippen molar-refractivity contribution >= 4 is 23.5 Å². The number of nitrogens with one attached hydrogen (secondary N) is 1. The fraction of sp³-hybridized carbons (Fsp3) is 0.429. The number of benzene rings is 1. The Balaban J connectivity index is 1.36. The summed E-state index contributed by atoms with van der Waals surface area (Å²) in [5, 5.41) is 3.35. The highest BCUT2D eigenvalue weighted by Crippen LogP contribution is 2.25. The highest BCUT2D eigenvalue weighted by atomic mass is 19.1. The summed E-state index contributed by atoms with van der Waals surface area (Å²) in [4.78, 5) is 37.5. The molecule has 0 saturated carbocycles. The number of amides is 2. The fourth-order valence-corrected chi connectivity index (χ4v) is 4.00. The minimum Gasteiger partial charge on any atom is -0.341 e. The highest BCUT2D eigenvalue weighted by molar-refractivity contribution is 6.22. The lowest BCUT2D eigenvalue weighted by Crippen LogP contribution is -2.49. The Morgan fingerprint density at radius 2 is 1.66 bits per heavy atom. The van der Waals surface area contributed by atoms with Crippen LogP contribution in [0.15, 0.2) is 30.3 Å². The molecule has 1 aromatic carbocycles. The van der Waals surface area contributed by atoms with Gasteiger partial charge in [0.05, 0.1) is 18.2 Å². The number of aromatic nitrogens is 2. The molecular formula is C21H24FN5O2. The van der Waals surface area contributed by atoms with Crippen LogP contribution in [-0.2, 0) is 9.59 Å². The first kappa shape index (κ1) is 19.4. The number of nitrogens with zero attached hydrogens (tertiary/aromatic N) is 4. The number of anilines is 2. The van der Waals surface area contributed by atoms with Gasteiger partial charge in [0.15, 0.2) is 0 Å². The van der Waals surface area contributed by atoms with Crippen molar-refractivity contribution in [3.63, 3.8) is 0 Å². The zero-order valence-corrected chi connectivity index (χ0v) is 16.6. The van der Waals surface area contributed by atoms with Crippen molar-refractivity contribution in [1.82, 2.24) is 15.3 Å². The smallest absolute Gasteiger partial charge is 0.251 e. The van der Waals surface area contributed by atoms with Crippen molar-refractivity contribution in [3.05, 3.63) is 47.5 Å². The summed E-state index contributed by atoms with van der Waals surface area (Å²) in [5.41, 5.74) is 2.31. The summed E-state index contributed by atoms with van der Waals surface area (Å²) < 4.78 is 13.1. The van der Waals surface area contributed by atoms with Crippen LogP contribution in [0, 0.1) is 19.7 Å². The van der Waals surface area contributed by atoms with Crippen LogP contribution in [0.2, 0.25) is 0 Å². The number of aryl methyl sites for hydroxylation is 2. The first-order valence-corrected chi connectivity index (χ1v) is 9.86. The number of imide groups is 1. The second-order valence-electron chi connectivity index (χ2n) is 7.68. The lowest BCUT2D eigenvalue weighted by Gasteiger charge is -2.33. The van der Waals surface area contributed by atoms with Gasteiger partial charge in [0.1, 0.15) is 5.82 Å². The molecule has 2 fully saturated rings. The van der Waals surface area contributed by atoms with Crippen molar-refractivity contribution in [1.29, 1.82) is 0 Å². The van der Waals surface area contributed by atoms with Crippen LogP contribution < -0.4 is 15.1 Å². The lowest BCUT2D eigenvalue weighted by molar-refractivity contribution is -0.121. The van der Waals surface area contributed by atoms with E-state index in [0.29, 0.717) is 5.69 Å². The van der Waals surface area contributed by atoms with Crippen molar-refractivity contribution in [2.45, 2.75) is 45.2 Å². The van der Waals surface area contributed by atoms with Gasteiger partial charge in [-0.25, -0.2) is 19.3 Å². The van der Waals surface area contributed by atoms with Crippen LogP contribution in [0.5, 0.6) is 0 Å². The van der Waals surface area contributed by atoms with Crippen LogP contribution in [0.1, 0.15) is 30.7 Å². The molecule has 0 spiro atoms. The first-order valence-electron chi connectivity index (χ1n) is 9.86. The number of rotatable bonds is 4. The molecule has 2 aliphatic heterocycles. The van der Waals surface area contributed by atoms with Gasteiger partial charge < -0.3 is 10.2 Å². The van der Waals surface area contributed by atoms with E-state index in [9.17, 15) is 14.0 Å². The van der Waals surface area contributed by atoms with Crippen molar-refractivity contribution in [2.24, 2.45) is 0 Å². The van der Waals surface area contributed by atoms with E-state index in [1.165, 1.54) is 24.3 Å². The number of piperidine rings is 1. The van der Waals surface area contributed by atoms with Gasteiger partial charge in [0, 0.05) is 30.5 Å².